The van der Waals surface area contributed by atoms with Crippen LogP contribution in [0.25, 0.3) is 0 Å². The fourth-order valence-electron chi connectivity index (χ4n) is 2.54. The molecule has 1 aromatic rings. The molecular weight excluding hydrogens is 262 g/mol. The number of carbonyl (C=O) groups is 2. The molecule has 2 N–H and O–H groups in total. The van der Waals surface area contributed by atoms with Crippen LogP contribution in [0.2, 0.25) is 0 Å². The molecule has 1 heterocycles. The van der Waals surface area contributed by atoms with E-state index < -0.39 is 5.97 Å². The number of carbonyl (C=O) groups excluding carboxylic acids is 1. The van der Waals surface area contributed by atoms with Gasteiger partial charge in [-0.3, -0.25) is 9.59 Å². The van der Waals surface area contributed by atoms with Crippen molar-refractivity contribution in [3.63, 3.8) is 0 Å². The van der Waals surface area contributed by atoms with E-state index in [0.717, 1.165) is 12.8 Å². The highest BCUT2D eigenvalue weighted by atomic mass is 16.5. The Morgan fingerprint density at radius 2 is 2.15 bits per heavy atom. The van der Waals surface area contributed by atoms with Crippen molar-refractivity contribution in [2.24, 2.45) is 11.8 Å². The first-order valence-electron chi connectivity index (χ1n) is 6.86. The highest BCUT2D eigenvalue weighted by molar-refractivity contribution is 5.80. The molecule has 1 aromatic heterocycles. The van der Waals surface area contributed by atoms with Crippen LogP contribution in [0.5, 0.6) is 0 Å². The molecule has 1 aliphatic carbocycles. The number of carboxylic acid groups (broad SMARTS) is 1. The molecule has 1 amide bonds. The Hall–Kier alpha value is -1.92. The standard InChI is InChI=1S/C13H19N3O4/c1-8-15-11(16-20-8)5-6-14-12(17)9-3-2-4-10(7-9)13(18)19/h9-10H,2-7H2,1H3,(H,14,17)(H,18,19). The first-order valence-corrected chi connectivity index (χ1v) is 6.86. The number of carboxylic acids is 1. The smallest absolute Gasteiger partial charge is 0.306 e. The molecule has 1 saturated carbocycles. The van der Waals surface area contributed by atoms with Crippen LogP contribution in [0.4, 0.5) is 0 Å². The van der Waals surface area contributed by atoms with E-state index >= 15 is 0 Å². The summed E-state index contributed by atoms with van der Waals surface area (Å²) in [6.07, 6.45) is 3.16. The van der Waals surface area contributed by atoms with Gasteiger partial charge in [0, 0.05) is 25.8 Å². The lowest BCUT2D eigenvalue weighted by Crippen LogP contribution is -2.36. The van der Waals surface area contributed by atoms with Crippen LogP contribution in [0.15, 0.2) is 4.52 Å². The number of hydrogen-bond donors (Lipinski definition) is 2. The summed E-state index contributed by atoms with van der Waals surface area (Å²) in [4.78, 5) is 27.0. The lowest BCUT2D eigenvalue weighted by Gasteiger charge is -2.25. The summed E-state index contributed by atoms with van der Waals surface area (Å²) in [7, 11) is 0. The van der Waals surface area contributed by atoms with Crippen molar-refractivity contribution in [2.45, 2.75) is 39.0 Å². The summed E-state index contributed by atoms with van der Waals surface area (Å²) in [5.41, 5.74) is 0. The molecule has 0 radical (unpaired) electrons. The third-order valence-corrected chi connectivity index (χ3v) is 3.61. The first kappa shape index (κ1) is 14.5. The number of amides is 1. The Morgan fingerprint density at radius 3 is 2.80 bits per heavy atom. The molecule has 0 bridgehead atoms. The second kappa shape index (κ2) is 6.49. The van der Waals surface area contributed by atoms with Crippen molar-refractivity contribution in [1.29, 1.82) is 0 Å². The molecule has 0 spiro atoms. The van der Waals surface area contributed by atoms with Crippen LogP contribution < -0.4 is 5.32 Å². The number of hydrogen-bond acceptors (Lipinski definition) is 5. The summed E-state index contributed by atoms with van der Waals surface area (Å²) >= 11 is 0. The fourth-order valence-corrected chi connectivity index (χ4v) is 2.54. The van der Waals surface area contributed by atoms with Crippen molar-refractivity contribution in [3.8, 4) is 0 Å². The molecule has 0 aliphatic heterocycles. The average Bonchev–Trinajstić information content (AvgIpc) is 2.84. The molecular formula is C13H19N3O4. The third-order valence-electron chi connectivity index (χ3n) is 3.61. The van der Waals surface area contributed by atoms with Gasteiger partial charge < -0.3 is 14.9 Å². The normalized spacial score (nSPS) is 22.4. The van der Waals surface area contributed by atoms with Crippen molar-refractivity contribution < 1.29 is 19.2 Å². The number of nitrogens with zero attached hydrogens (tertiary/aromatic N) is 2. The van der Waals surface area contributed by atoms with Gasteiger partial charge in [0.2, 0.25) is 11.8 Å². The predicted molar refractivity (Wildman–Crippen MR) is 68.8 cm³/mol. The number of aliphatic carboxylic acids is 1. The zero-order chi connectivity index (χ0) is 14.5. The molecule has 0 saturated heterocycles. The van der Waals surface area contributed by atoms with Crippen LogP contribution in [0.3, 0.4) is 0 Å². The molecule has 0 aromatic carbocycles. The van der Waals surface area contributed by atoms with E-state index in [-0.39, 0.29) is 17.7 Å². The molecule has 7 nitrogen and oxygen atoms in total. The van der Waals surface area contributed by atoms with E-state index in [1.807, 2.05) is 0 Å². The molecule has 1 fully saturated rings. The van der Waals surface area contributed by atoms with Gasteiger partial charge in [-0.2, -0.15) is 4.98 Å². The highest BCUT2D eigenvalue weighted by Crippen LogP contribution is 2.29. The molecule has 20 heavy (non-hydrogen) atoms. The van der Waals surface area contributed by atoms with Gasteiger partial charge in [0.25, 0.3) is 0 Å². The van der Waals surface area contributed by atoms with Gasteiger partial charge in [-0.1, -0.05) is 11.6 Å². The number of aryl methyl sites for hydroxylation is 1. The molecule has 2 unspecified atom stereocenters. The maximum Gasteiger partial charge on any atom is 0.306 e. The van der Waals surface area contributed by atoms with Crippen molar-refractivity contribution in [1.82, 2.24) is 15.5 Å². The predicted octanol–water partition coefficient (Wildman–Crippen LogP) is 0.928. The molecule has 2 rings (SSSR count). The summed E-state index contributed by atoms with van der Waals surface area (Å²) < 4.78 is 4.84. The molecule has 7 heteroatoms. The summed E-state index contributed by atoms with van der Waals surface area (Å²) in [5.74, 6) is -0.394. The van der Waals surface area contributed by atoms with Gasteiger partial charge in [-0.25, -0.2) is 0 Å². The zero-order valence-corrected chi connectivity index (χ0v) is 11.5. The van der Waals surface area contributed by atoms with Crippen molar-refractivity contribution in [2.75, 3.05) is 6.54 Å². The highest BCUT2D eigenvalue weighted by Gasteiger charge is 2.30. The second-order valence-electron chi connectivity index (χ2n) is 5.17. The van der Waals surface area contributed by atoms with Gasteiger partial charge in [0.05, 0.1) is 5.92 Å². The summed E-state index contributed by atoms with van der Waals surface area (Å²) in [5, 5.41) is 15.6. The van der Waals surface area contributed by atoms with Crippen molar-refractivity contribution >= 4 is 11.9 Å². The molecule has 2 atom stereocenters. The Morgan fingerprint density at radius 1 is 1.40 bits per heavy atom. The van der Waals surface area contributed by atoms with Gasteiger partial charge in [0.15, 0.2) is 5.82 Å². The number of nitrogens with one attached hydrogen (secondary N) is 1. The second-order valence-corrected chi connectivity index (χ2v) is 5.17. The van der Waals surface area contributed by atoms with Crippen LogP contribution in [0.1, 0.15) is 37.4 Å². The van der Waals surface area contributed by atoms with E-state index in [2.05, 4.69) is 15.5 Å². The molecule has 1 aliphatic rings. The third kappa shape index (κ3) is 3.79. The van der Waals surface area contributed by atoms with E-state index in [1.54, 1.807) is 6.92 Å². The Labute approximate surface area is 116 Å². The maximum absolute atomic E-state index is 12.0. The Balaban J connectivity index is 1.75. The maximum atomic E-state index is 12.0. The Kier molecular flexibility index (Phi) is 4.70. The van der Waals surface area contributed by atoms with Crippen LogP contribution in [0, 0.1) is 18.8 Å². The zero-order valence-electron chi connectivity index (χ0n) is 11.5. The molecule has 110 valence electrons. The van der Waals surface area contributed by atoms with Gasteiger partial charge in [-0.15, -0.1) is 0 Å². The largest absolute Gasteiger partial charge is 0.481 e. The topological polar surface area (TPSA) is 105 Å². The summed E-state index contributed by atoms with van der Waals surface area (Å²) in [6, 6.07) is 0. The monoisotopic (exact) mass is 281 g/mol. The minimum Gasteiger partial charge on any atom is -0.481 e. The minimum absolute atomic E-state index is 0.0730. The van der Waals surface area contributed by atoms with Crippen LogP contribution >= 0.6 is 0 Å². The van der Waals surface area contributed by atoms with Gasteiger partial charge in [0.1, 0.15) is 0 Å². The van der Waals surface area contributed by atoms with E-state index in [1.165, 1.54) is 0 Å². The van der Waals surface area contributed by atoms with Crippen molar-refractivity contribution in [3.05, 3.63) is 11.7 Å². The van der Waals surface area contributed by atoms with E-state index in [0.29, 0.717) is 37.5 Å². The average molecular weight is 281 g/mol. The number of rotatable bonds is 5. The summed E-state index contributed by atoms with van der Waals surface area (Å²) in [6.45, 7) is 2.15. The fraction of sp³-hybridized carbons (Fsp3) is 0.692. The Bertz CT molecular complexity index is 486. The van der Waals surface area contributed by atoms with Crippen LogP contribution in [-0.2, 0) is 16.0 Å². The van der Waals surface area contributed by atoms with E-state index in [4.69, 9.17) is 9.63 Å². The quantitative estimate of drug-likeness (QED) is 0.831. The van der Waals surface area contributed by atoms with Gasteiger partial charge in [-0.05, 0) is 19.3 Å². The van der Waals surface area contributed by atoms with E-state index in [9.17, 15) is 9.59 Å². The number of aromatic nitrogens is 2. The van der Waals surface area contributed by atoms with Gasteiger partial charge >= 0.3 is 5.97 Å². The van der Waals surface area contributed by atoms with Crippen LogP contribution in [-0.4, -0.2) is 33.7 Å². The lowest BCUT2D eigenvalue weighted by molar-refractivity contribution is -0.144. The lowest BCUT2D eigenvalue weighted by atomic mass is 9.81. The minimum atomic E-state index is -0.801. The first-order chi connectivity index (χ1) is 9.56. The SMILES string of the molecule is Cc1nc(CCNC(=O)C2CCCC(C(=O)O)C2)no1.